The molecule has 13 heteroatoms. The molecule has 0 aliphatic heterocycles. The van der Waals surface area contributed by atoms with Gasteiger partial charge in [0.1, 0.15) is 11.0 Å². The first kappa shape index (κ1) is 19.3. The lowest BCUT2D eigenvalue weighted by atomic mass is 9.98. The van der Waals surface area contributed by atoms with E-state index in [0.29, 0.717) is 21.8 Å². The fourth-order valence-electron chi connectivity index (χ4n) is 2.69. The van der Waals surface area contributed by atoms with E-state index < -0.39 is 22.1 Å². The topological polar surface area (TPSA) is 196 Å². The van der Waals surface area contributed by atoms with Crippen LogP contribution in [0.1, 0.15) is 5.56 Å². The maximum Gasteiger partial charge on any atom is 0.187 e. The SMILES string of the molecule is NN/N=C(\N)c1c(-c2cccc3sc(N)nc23)ccc(S(=O)O)c1S(N)=O. The van der Waals surface area contributed by atoms with Gasteiger partial charge in [-0.05, 0) is 17.7 Å². The Bertz CT molecular complexity index is 1110. The monoisotopic (exact) mass is 425 g/mol. The lowest BCUT2D eigenvalue weighted by Crippen LogP contribution is -2.26. The van der Waals surface area contributed by atoms with E-state index in [1.165, 1.54) is 17.4 Å². The molecule has 2 atom stereocenters. The summed E-state index contributed by atoms with van der Waals surface area (Å²) in [5, 5.41) is 9.68. The summed E-state index contributed by atoms with van der Waals surface area (Å²) < 4.78 is 34.3. The number of nitrogen functional groups attached to an aromatic ring is 1. The zero-order chi connectivity index (χ0) is 19.7. The van der Waals surface area contributed by atoms with Gasteiger partial charge in [0.05, 0.1) is 20.0 Å². The van der Waals surface area contributed by atoms with E-state index in [1.54, 1.807) is 18.2 Å². The van der Waals surface area contributed by atoms with Crippen LogP contribution in [0.25, 0.3) is 21.3 Å². The van der Waals surface area contributed by atoms with Crippen molar-refractivity contribution in [2.24, 2.45) is 21.8 Å². The van der Waals surface area contributed by atoms with Gasteiger partial charge < -0.3 is 16.0 Å². The number of benzene rings is 2. The fraction of sp³-hybridized carbons (Fsp3) is 0. The minimum Gasteiger partial charge on any atom is -0.382 e. The van der Waals surface area contributed by atoms with Crippen LogP contribution in [0.3, 0.4) is 0 Å². The third kappa shape index (κ3) is 3.55. The number of hydrogen-bond donors (Lipinski definition) is 6. The van der Waals surface area contributed by atoms with Crippen LogP contribution in [0, 0.1) is 0 Å². The average molecular weight is 426 g/mol. The number of anilines is 1. The second kappa shape index (κ2) is 7.67. The molecule has 2 aromatic carbocycles. The molecule has 1 aromatic heterocycles. The largest absolute Gasteiger partial charge is 0.382 e. The van der Waals surface area contributed by atoms with E-state index in [2.05, 4.69) is 15.6 Å². The molecule has 3 rings (SSSR count). The molecule has 0 saturated carbocycles. The molecule has 10 nitrogen and oxygen atoms in total. The summed E-state index contributed by atoms with van der Waals surface area (Å²) in [6, 6.07) is 8.32. The highest BCUT2D eigenvalue weighted by molar-refractivity contribution is 7.84. The highest BCUT2D eigenvalue weighted by Gasteiger charge is 2.24. The van der Waals surface area contributed by atoms with Gasteiger partial charge in [-0.25, -0.2) is 29.9 Å². The molecule has 0 spiro atoms. The van der Waals surface area contributed by atoms with Crippen molar-refractivity contribution < 1.29 is 13.0 Å². The van der Waals surface area contributed by atoms with Gasteiger partial charge in [-0.2, -0.15) is 0 Å². The maximum atomic E-state index is 12.2. The smallest absolute Gasteiger partial charge is 0.187 e. The molecule has 3 aromatic rings. The first-order chi connectivity index (χ1) is 12.8. The Morgan fingerprint density at radius 1 is 1.22 bits per heavy atom. The number of fused-ring (bicyclic) bond motifs is 1. The second-order valence-corrected chi connectivity index (χ2v) is 8.20. The van der Waals surface area contributed by atoms with Gasteiger partial charge in [0.15, 0.2) is 22.0 Å². The molecule has 0 bridgehead atoms. The lowest BCUT2D eigenvalue weighted by Gasteiger charge is -2.16. The van der Waals surface area contributed by atoms with Crippen molar-refractivity contribution in [2.45, 2.75) is 9.79 Å². The molecule has 0 amide bonds. The summed E-state index contributed by atoms with van der Waals surface area (Å²) in [5.74, 6) is 5.05. The van der Waals surface area contributed by atoms with Crippen molar-refractivity contribution in [2.75, 3.05) is 5.73 Å². The first-order valence-electron chi connectivity index (χ1n) is 7.23. The number of aromatic nitrogens is 1. The minimum atomic E-state index is -2.45. The van der Waals surface area contributed by atoms with Crippen molar-refractivity contribution >= 4 is 54.6 Å². The summed E-state index contributed by atoms with van der Waals surface area (Å²) in [5.41, 5.74) is 15.7. The van der Waals surface area contributed by atoms with Gasteiger partial charge in [-0.1, -0.05) is 29.5 Å². The predicted molar refractivity (Wildman–Crippen MR) is 107 cm³/mol. The highest BCUT2D eigenvalue weighted by atomic mass is 32.2. The molecule has 27 heavy (non-hydrogen) atoms. The molecule has 0 saturated heterocycles. The third-order valence-corrected chi connectivity index (χ3v) is 6.20. The number of hydrazine groups is 1. The van der Waals surface area contributed by atoms with E-state index in [0.717, 1.165) is 4.70 Å². The predicted octanol–water partition coefficient (Wildman–Crippen LogP) is 0.191. The van der Waals surface area contributed by atoms with Gasteiger partial charge in [0.25, 0.3) is 0 Å². The molecule has 0 aliphatic rings. The van der Waals surface area contributed by atoms with Gasteiger partial charge in [-0.3, -0.25) is 0 Å². The molecular formula is C14H15N7O3S3. The number of rotatable bonds is 5. The summed E-state index contributed by atoms with van der Waals surface area (Å²) >= 11 is -1.14. The van der Waals surface area contributed by atoms with Crippen molar-refractivity contribution in [3.8, 4) is 11.1 Å². The van der Waals surface area contributed by atoms with Crippen LogP contribution in [0.2, 0.25) is 0 Å². The van der Waals surface area contributed by atoms with Crippen LogP contribution in [0.5, 0.6) is 0 Å². The van der Waals surface area contributed by atoms with Gasteiger partial charge in [0, 0.05) is 11.1 Å². The van der Waals surface area contributed by atoms with E-state index in [4.69, 9.17) is 22.4 Å². The molecule has 0 radical (unpaired) electrons. The van der Waals surface area contributed by atoms with Crippen LogP contribution in [0.15, 0.2) is 45.2 Å². The Kier molecular flexibility index (Phi) is 5.50. The van der Waals surface area contributed by atoms with Crippen molar-refractivity contribution in [1.29, 1.82) is 0 Å². The summed E-state index contributed by atoms with van der Waals surface area (Å²) in [7, 11) is -2.13. The van der Waals surface area contributed by atoms with Crippen LogP contribution in [0.4, 0.5) is 5.13 Å². The van der Waals surface area contributed by atoms with Gasteiger partial charge >= 0.3 is 0 Å². The minimum absolute atomic E-state index is 0.118. The number of hydrazone groups is 1. The number of thiazole rings is 1. The van der Waals surface area contributed by atoms with Crippen LogP contribution in [-0.4, -0.2) is 23.8 Å². The second-order valence-electron chi connectivity index (χ2n) is 5.19. The number of para-hydroxylation sites is 1. The molecule has 0 fully saturated rings. The van der Waals surface area contributed by atoms with Gasteiger partial charge in [0.2, 0.25) is 0 Å². The zero-order valence-electron chi connectivity index (χ0n) is 13.6. The first-order valence-corrected chi connectivity index (χ1v) is 10.4. The highest BCUT2D eigenvalue weighted by Crippen LogP contribution is 2.37. The number of nitrogens with one attached hydrogen (secondary N) is 1. The van der Waals surface area contributed by atoms with Crippen molar-refractivity contribution in [1.82, 2.24) is 10.5 Å². The Morgan fingerprint density at radius 3 is 2.59 bits per heavy atom. The normalized spacial score (nSPS) is 14.3. The number of amidine groups is 1. The third-order valence-electron chi connectivity index (χ3n) is 3.68. The van der Waals surface area contributed by atoms with E-state index in [-0.39, 0.29) is 21.2 Å². The maximum absolute atomic E-state index is 12.2. The molecular weight excluding hydrogens is 410 g/mol. The summed E-state index contributed by atoms with van der Waals surface area (Å²) in [6.45, 7) is 0. The molecule has 2 unspecified atom stereocenters. The van der Waals surface area contributed by atoms with Gasteiger partial charge in [-0.15, -0.1) is 5.10 Å². The van der Waals surface area contributed by atoms with Crippen LogP contribution in [-0.2, 0) is 22.1 Å². The van der Waals surface area contributed by atoms with E-state index in [9.17, 15) is 13.0 Å². The summed E-state index contributed by atoms with van der Waals surface area (Å²) in [6.07, 6.45) is 0. The van der Waals surface area contributed by atoms with Crippen LogP contribution < -0.4 is 28.0 Å². The number of hydrogen-bond acceptors (Lipinski definition) is 8. The Balaban J connectivity index is 2.45. The standard InChI is InChI=1S/C14H15N7O3S3/c15-13(20-21-17)10-6(4-5-9(27(23)24)12(10)26(18)22)7-2-1-3-8-11(7)19-14(16)25-8/h1-5,21H,17-18H2,(H2,15,20)(H2,16,19)(H,23,24). The molecule has 0 aliphatic carbocycles. The molecule has 10 N–H and O–H groups in total. The van der Waals surface area contributed by atoms with Crippen LogP contribution >= 0.6 is 11.3 Å². The van der Waals surface area contributed by atoms with E-state index >= 15 is 0 Å². The Labute approximate surface area is 162 Å². The zero-order valence-corrected chi connectivity index (χ0v) is 16.0. The van der Waals surface area contributed by atoms with Crippen molar-refractivity contribution in [3.05, 3.63) is 35.9 Å². The quantitative estimate of drug-likeness (QED) is 0.109. The van der Waals surface area contributed by atoms with E-state index in [1.807, 2.05) is 6.07 Å². The number of nitrogens with zero attached hydrogens (tertiary/aromatic N) is 2. The number of nitrogens with two attached hydrogens (primary N) is 4. The van der Waals surface area contributed by atoms with Crippen molar-refractivity contribution in [3.63, 3.8) is 0 Å². The Hall–Kier alpha value is -2.42. The molecule has 142 valence electrons. The lowest BCUT2D eigenvalue weighted by molar-refractivity contribution is 0.561. The average Bonchev–Trinajstić information content (AvgIpc) is 3.00. The molecule has 1 heterocycles. The fourth-order valence-corrected chi connectivity index (χ4v) is 5.04. The summed E-state index contributed by atoms with van der Waals surface area (Å²) in [4.78, 5) is 4.06. The Morgan fingerprint density at radius 2 is 1.96 bits per heavy atom.